The summed E-state index contributed by atoms with van der Waals surface area (Å²) in [4.78, 5) is 14.2. The number of ether oxygens (including phenoxy) is 1. The van der Waals surface area contributed by atoms with Gasteiger partial charge in [0.25, 0.3) is 0 Å². The van der Waals surface area contributed by atoms with Crippen molar-refractivity contribution in [1.29, 1.82) is 0 Å². The molecule has 1 saturated heterocycles. The number of sulfonamides is 1. The molecular formula is C22H26F3N3O4S. The number of halogens is 3. The number of rotatable bonds is 7. The standard InChI is InChI=1S/C22H26F3N3O4S/c1-16(21(29)26-15-17-3-7-19(32-2)8-4-17)27-11-13-28(14-12-27)33(30,31)20-9-5-18(6-10-20)22(23,24)25/h3-10,16H,11-15H2,1-2H3,(H,26,29)/t16-/m0/s1. The summed E-state index contributed by atoms with van der Waals surface area (Å²) in [7, 11) is -2.34. The van der Waals surface area contributed by atoms with Crippen LogP contribution in [0.4, 0.5) is 13.2 Å². The first-order valence-corrected chi connectivity index (χ1v) is 11.8. The maximum atomic E-state index is 12.8. The third kappa shape index (κ3) is 6.04. The van der Waals surface area contributed by atoms with Crippen molar-refractivity contribution < 1.29 is 31.1 Å². The SMILES string of the molecule is COc1ccc(CNC(=O)[C@H](C)N2CCN(S(=O)(=O)c3ccc(C(F)(F)F)cc3)CC2)cc1. The zero-order valence-corrected chi connectivity index (χ0v) is 19.1. The van der Waals surface area contributed by atoms with Crippen LogP contribution >= 0.6 is 0 Å². The number of nitrogens with one attached hydrogen (secondary N) is 1. The van der Waals surface area contributed by atoms with Gasteiger partial charge in [0.15, 0.2) is 0 Å². The number of hydrogen-bond donors (Lipinski definition) is 1. The zero-order valence-electron chi connectivity index (χ0n) is 18.3. The highest BCUT2D eigenvalue weighted by molar-refractivity contribution is 7.89. The topological polar surface area (TPSA) is 79.0 Å². The van der Waals surface area contributed by atoms with Crippen LogP contribution in [-0.4, -0.2) is 62.9 Å². The van der Waals surface area contributed by atoms with Crippen LogP contribution in [0, 0.1) is 0 Å². The van der Waals surface area contributed by atoms with Crippen LogP contribution < -0.4 is 10.1 Å². The first kappa shape index (κ1) is 25.0. The highest BCUT2D eigenvalue weighted by Crippen LogP contribution is 2.30. The Kier molecular flexibility index (Phi) is 7.65. The van der Waals surface area contributed by atoms with Gasteiger partial charge in [-0.25, -0.2) is 8.42 Å². The van der Waals surface area contributed by atoms with Crippen LogP contribution in [0.25, 0.3) is 0 Å². The monoisotopic (exact) mass is 485 g/mol. The summed E-state index contributed by atoms with van der Waals surface area (Å²) >= 11 is 0. The highest BCUT2D eigenvalue weighted by Gasteiger charge is 2.34. The maximum absolute atomic E-state index is 12.8. The van der Waals surface area contributed by atoms with Gasteiger partial charge in [-0.05, 0) is 48.9 Å². The molecule has 0 saturated carbocycles. The normalized spacial score (nSPS) is 16.9. The van der Waals surface area contributed by atoms with Crippen molar-refractivity contribution >= 4 is 15.9 Å². The van der Waals surface area contributed by atoms with E-state index in [2.05, 4.69) is 5.32 Å². The van der Waals surface area contributed by atoms with Crippen LogP contribution in [0.15, 0.2) is 53.4 Å². The molecule has 1 aliphatic rings. The summed E-state index contributed by atoms with van der Waals surface area (Å²) in [5.41, 5.74) is 0.0181. The summed E-state index contributed by atoms with van der Waals surface area (Å²) in [5, 5.41) is 2.87. The predicted molar refractivity (Wildman–Crippen MR) is 116 cm³/mol. The maximum Gasteiger partial charge on any atom is 0.416 e. The fourth-order valence-corrected chi connectivity index (χ4v) is 4.96. The number of hydrogen-bond acceptors (Lipinski definition) is 5. The fourth-order valence-electron chi connectivity index (χ4n) is 3.54. The number of methoxy groups -OCH3 is 1. The van der Waals surface area contributed by atoms with Crippen molar-refractivity contribution in [2.75, 3.05) is 33.3 Å². The second-order valence-corrected chi connectivity index (χ2v) is 9.64. The fraction of sp³-hybridized carbons (Fsp3) is 0.409. The average molecular weight is 486 g/mol. The molecule has 0 bridgehead atoms. The first-order chi connectivity index (χ1) is 15.5. The molecule has 180 valence electrons. The Balaban J connectivity index is 1.54. The molecule has 1 aliphatic heterocycles. The average Bonchev–Trinajstić information content (AvgIpc) is 2.82. The van der Waals surface area contributed by atoms with Crippen LogP contribution in [0.2, 0.25) is 0 Å². The number of benzene rings is 2. The Labute approximate surface area is 191 Å². The van der Waals surface area contributed by atoms with Crippen LogP contribution in [0.1, 0.15) is 18.1 Å². The minimum Gasteiger partial charge on any atom is -0.497 e. The third-order valence-electron chi connectivity index (χ3n) is 5.65. The minimum atomic E-state index is -4.53. The van der Waals surface area contributed by atoms with Crippen LogP contribution in [0.3, 0.4) is 0 Å². The molecule has 0 aliphatic carbocycles. The molecule has 7 nitrogen and oxygen atoms in total. The Bertz CT molecular complexity index is 1050. The molecular weight excluding hydrogens is 459 g/mol. The van der Waals surface area contributed by atoms with E-state index in [9.17, 15) is 26.4 Å². The minimum absolute atomic E-state index is 0.138. The number of piperazine rings is 1. The molecule has 33 heavy (non-hydrogen) atoms. The summed E-state index contributed by atoms with van der Waals surface area (Å²) in [6.07, 6.45) is -4.53. The van der Waals surface area contributed by atoms with Crippen molar-refractivity contribution in [3.05, 3.63) is 59.7 Å². The number of carbonyl (C=O) groups is 1. The molecule has 0 unspecified atom stereocenters. The van der Waals surface area contributed by atoms with E-state index >= 15 is 0 Å². The van der Waals surface area contributed by atoms with Gasteiger partial charge in [-0.3, -0.25) is 9.69 Å². The van der Waals surface area contributed by atoms with Gasteiger partial charge in [0.2, 0.25) is 15.9 Å². The van der Waals surface area contributed by atoms with Crippen molar-refractivity contribution in [3.63, 3.8) is 0 Å². The third-order valence-corrected chi connectivity index (χ3v) is 7.56. The molecule has 2 aromatic rings. The van der Waals surface area contributed by atoms with Crippen molar-refractivity contribution in [3.8, 4) is 5.75 Å². The smallest absolute Gasteiger partial charge is 0.416 e. The summed E-state index contributed by atoms with van der Waals surface area (Å²) in [6, 6.07) is 10.3. The lowest BCUT2D eigenvalue weighted by atomic mass is 10.2. The van der Waals surface area contributed by atoms with E-state index in [4.69, 9.17) is 4.74 Å². The summed E-state index contributed by atoms with van der Waals surface area (Å²) < 4.78 is 70.1. The molecule has 0 aromatic heterocycles. The van der Waals surface area contributed by atoms with E-state index in [1.807, 2.05) is 17.0 Å². The number of nitrogens with zero attached hydrogens (tertiary/aromatic N) is 2. The molecule has 1 amide bonds. The number of carbonyl (C=O) groups excluding carboxylic acids is 1. The second kappa shape index (κ2) is 10.1. The van der Waals surface area contributed by atoms with Crippen molar-refractivity contribution in [2.24, 2.45) is 0 Å². The van der Waals surface area contributed by atoms with Gasteiger partial charge in [0.1, 0.15) is 5.75 Å². The number of alkyl halides is 3. The second-order valence-electron chi connectivity index (χ2n) is 7.70. The predicted octanol–water partition coefficient (Wildman–Crippen LogP) is 2.73. The van der Waals surface area contributed by atoms with Crippen molar-refractivity contribution in [2.45, 2.75) is 30.6 Å². The van der Waals surface area contributed by atoms with Gasteiger partial charge >= 0.3 is 6.18 Å². The molecule has 1 fully saturated rings. The lowest BCUT2D eigenvalue weighted by molar-refractivity contribution is -0.137. The van der Waals surface area contributed by atoms with Gasteiger partial charge in [0.05, 0.1) is 23.6 Å². The Morgan fingerprint density at radius 1 is 1.03 bits per heavy atom. The van der Waals surface area contributed by atoms with Gasteiger partial charge in [-0.1, -0.05) is 12.1 Å². The van der Waals surface area contributed by atoms with Crippen LogP contribution in [-0.2, 0) is 27.5 Å². The Morgan fingerprint density at radius 3 is 2.12 bits per heavy atom. The highest BCUT2D eigenvalue weighted by atomic mass is 32.2. The lowest BCUT2D eigenvalue weighted by Crippen LogP contribution is -2.54. The molecule has 0 radical (unpaired) electrons. The van der Waals surface area contributed by atoms with Gasteiger partial charge in [-0.15, -0.1) is 0 Å². The molecule has 1 N–H and O–H groups in total. The zero-order chi connectivity index (χ0) is 24.2. The molecule has 0 spiro atoms. The summed E-state index contributed by atoms with van der Waals surface area (Å²) in [5.74, 6) is 0.549. The van der Waals surface area contributed by atoms with E-state index in [1.165, 1.54) is 4.31 Å². The van der Waals surface area contributed by atoms with Gasteiger partial charge in [-0.2, -0.15) is 17.5 Å². The number of amides is 1. The lowest BCUT2D eigenvalue weighted by Gasteiger charge is -2.36. The Hall–Kier alpha value is -2.63. The van der Waals surface area contributed by atoms with E-state index in [1.54, 1.807) is 26.2 Å². The van der Waals surface area contributed by atoms with Gasteiger partial charge < -0.3 is 10.1 Å². The summed E-state index contributed by atoms with van der Waals surface area (Å²) in [6.45, 7) is 3.05. The molecule has 1 atom stereocenters. The molecule has 11 heteroatoms. The van der Waals surface area contributed by atoms with E-state index in [0.717, 1.165) is 35.6 Å². The van der Waals surface area contributed by atoms with Gasteiger partial charge in [0, 0.05) is 32.7 Å². The molecule has 3 rings (SSSR count). The first-order valence-electron chi connectivity index (χ1n) is 10.3. The Morgan fingerprint density at radius 2 is 1.61 bits per heavy atom. The molecule has 1 heterocycles. The van der Waals surface area contributed by atoms with E-state index in [-0.39, 0.29) is 23.9 Å². The quantitative estimate of drug-likeness (QED) is 0.653. The molecule has 2 aromatic carbocycles. The van der Waals surface area contributed by atoms with Crippen molar-refractivity contribution in [1.82, 2.24) is 14.5 Å². The van der Waals surface area contributed by atoms with Crippen LogP contribution in [0.5, 0.6) is 5.75 Å². The van der Waals surface area contributed by atoms with E-state index < -0.39 is 27.8 Å². The largest absolute Gasteiger partial charge is 0.497 e. The van der Waals surface area contributed by atoms with E-state index in [0.29, 0.717) is 19.6 Å².